The molecule has 7 heteroatoms. The second-order valence-electron chi connectivity index (χ2n) is 5.05. The van der Waals surface area contributed by atoms with E-state index in [9.17, 15) is 8.42 Å². The van der Waals surface area contributed by atoms with Crippen molar-refractivity contribution < 1.29 is 8.42 Å². The maximum atomic E-state index is 11.5. The molecule has 18 heavy (non-hydrogen) atoms. The van der Waals surface area contributed by atoms with Gasteiger partial charge in [-0.3, -0.25) is 0 Å². The van der Waals surface area contributed by atoms with Crippen molar-refractivity contribution in [3.05, 3.63) is 18.5 Å². The summed E-state index contributed by atoms with van der Waals surface area (Å²) in [5.41, 5.74) is 0. The van der Waals surface area contributed by atoms with E-state index in [1.54, 1.807) is 22.8 Å². The van der Waals surface area contributed by atoms with Crippen LogP contribution in [-0.4, -0.2) is 55.1 Å². The van der Waals surface area contributed by atoms with Crippen LogP contribution in [-0.2, 0) is 10.0 Å². The third kappa shape index (κ3) is 2.08. The zero-order valence-electron chi connectivity index (χ0n) is 10.2. The molecule has 6 nitrogen and oxygen atoms in total. The molecule has 0 bridgehead atoms. The maximum absolute atomic E-state index is 11.5. The largest absolute Gasteiger partial charge is 0.340 e. The van der Waals surface area contributed by atoms with Crippen molar-refractivity contribution in [2.75, 3.05) is 37.3 Å². The number of sulfonamides is 1. The van der Waals surface area contributed by atoms with Gasteiger partial charge in [-0.25, -0.2) is 22.7 Å². The first-order valence-electron chi connectivity index (χ1n) is 6.01. The summed E-state index contributed by atoms with van der Waals surface area (Å²) >= 11 is 0. The highest BCUT2D eigenvalue weighted by atomic mass is 32.2. The van der Waals surface area contributed by atoms with Crippen LogP contribution in [0.15, 0.2) is 18.5 Å². The molecule has 1 aromatic heterocycles. The smallest absolute Gasteiger partial charge is 0.225 e. The van der Waals surface area contributed by atoms with Gasteiger partial charge in [0, 0.05) is 38.6 Å². The summed E-state index contributed by atoms with van der Waals surface area (Å²) in [7, 11) is -3.04. The Balaban J connectivity index is 1.70. The average Bonchev–Trinajstić information content (AvgIpc) is 2.86. The number of hydrogen-bond acceptors (Lipinski definition) is 5. The predicted molar refractivity (Wildman–Crippen MR) is 67.6 cm³/mol. The van der Waals surface area contributed by atoms with Crippen LogP contribution in [0.1, 0.15) is 0 Å². The van der Waals surface area contributed by atoms with E-state index in [-0.39, 0.29) is 0 Å². The summed E-state index contributed by atoms with van der Waals surface area (Å²) in [6.45, 7) is 2.96. The van der Waals surface area contributed by atoms with Crippen LogP contribution in [0.5, 0.6) is 0 Å². The molecule has 3 rings (SSSR count). The molecule has 0 spiro atoms. The van der Waals surface area contributed by atoms with Gasteiger partial charge >= 0.3 is 0 Å². The lowest BCUT2D eigenvalue weighted by Crippen LogP contribution is -2.33. The first-order valence-corrected chi connectivity index (χ1v) is 7.86. The maximum Gasteiger partial charge on any atom is 0.225 e. The fourth-order valence-corrected chi connectivity index (χ4v) is 3.76. The minimum atomic E-state index is -3.04. The molecule has 0 aromatic carbocycles. The SMILES string of the molecule is CS(=O)(=O)N1C[C@@H]2CN(c3ncccn3)C[C@H]2C1. The van der Waals surface area contributed by atoms with Crippen molar-refractivity contribution >= 4 is 16.0 Å². The van der Waals surface area contributed by atoms with Crippen LogP contribution in [0.3, 0.4) is 0 Å². The van der Waals surface area contributed by atoms with Crippen molar-refractivity contribution in [1.29, 1.82) is 0 Å². The van der Waals surface area contributed by atoms with E-state index in [1.807, 2.05) is 0 Å². The molecule has 3 heterocycles. The van der Waals surface area contributed by atoms with Gasteiger partial charge in [-0.1, -0.05) is 0 Å². The topological polar surface area (TPSA) is 66.4 Å². The predicted octanol–water partition coefficient (Wildman–Crippen LogP) is -0.196. The summed E-state index contributed by atoms with van der Waals surface area (Å²) in [4.78, 5) is 10.6. The van der Waals surface area contributed by atoms with Gasteiger partial charge in [-0.15, -0.1) is 0 Å². The summed E-state index contributed by atoms with van der Waals surface area (Å²) < 4.78 is 24.6. The fraction of sp³-hybridized carbons (Fsp3) is 0.636. The van der Waals surface area contributed by atoms with Crippen LogP contribution in [0.4, 0.5) is 5.95 Å². The lowest BCUT2D eigenvalue weighted by atomic mass is 10.0. The minimum absolute atomic E-state index is 0.406. The van der Waals surface area contributed by atoms with Gasteiger partial charge in [0.1, 0.15) is 0 Å². The summed E-state index contributed by atoms with van der Waals surface area (Å²) in [5.74, 6) is 1.56. The zero-order chi connectivity index (χ0) is 12.8. The second-order valence-corrected chi connectivity index (χ2v) is 7.04. The molecule has 0 aliphatic carbocycles. The number of nitrogens with zero attached hydrogens (tertiary/aromatic N) is 4. The Kier molecular flexibility index (Phi) is 2.74. The van der Waals surface area contributed by atoms with Crippen molar-refractivity contribution in [3.63, 3.8) is 0 Å². The van der Waals surface area contributed by atoms with Crippen LogP contribution < -0.4 is 4.90 Å². The molecule has 0 radical (unpaired) electrons. The zero-order valence-corrected chi connectivity index (χ0v) is 11.0. The van der Waals surface area contributed by atoms with Gasteiger partial charge in [0.2, 0.25) is 16.0 Å². The number of fused-ring (bicyclic) bond motifs is 1. The highest BCUT2D eigenvalue weighted by Crippen LogP contribution is 2.33. The van der Waals surface area contributed by atoms with Crippen LogP contribution in [0.2, 0.25) is 0 Å². The minimum Gasteiger partial charge on any atom is -0.340 e. The Morgan fingerprint density at radius 2 is 1.67 bits per heavy atom. The first-order chi connectivity index (χ1) is 8.54. The molecule has 2 saturated heterocycles. The van der Waals surface area contributed by atoms with E-state index in [4.69, 9.17) is 0 Å². The highest BCUT2D eigenvalue weighted by Gasteiger charge is 2.43. The van der Waals surface area contributed by atoms with Gasteiger partial charge < -0.3 is 4.90 Å². The average molecular weight is 268 g/mol. The molecule has 0 saturated carbocycles. The van der Waals surface area contributed by atoms with Crippen molar-refractivity contribution in [1.82, 2.24) is 14.3 Å². The number of aromatic nitrogens is 2. The van der Waals surface area contributed by atoms with E-state index in [0.29, 0.717) is 24.9 Å². The molecule has 2 aliphatic rings. The Labute approximate surface area is 107 Å². The molecule has 0 amide bonds. The quantitative estimate of drug-likeness (QED) is 0.743. The van der Waals surface area contributed by atoms with E-state index in [1.165, 1.54) is 6.26 Å². The van der Waals surface area contributed by atoms with Gasteiger partial charge in [0.05, 0.1) is 6.26 Å². The monoisotopic (exact) mass is 268 g/mol. The third-order valence-electron chi connectivity index (χ3n) is 3.76. The van der Waals surface area contributed by atoms with Crippen LogP contribution >= 0.6 is 0 Å². The second kappa shape index (κ2) is 4.17. The summed E-state index contributed by atoms with van der Waals surface area (Å²) in [5, 5.41) is 0. The number of hydrogen-bond donors (Lipinski definition) is 0. The van der Waals surface area contributed by atoms with E-state index in [0.717, 1.165) is 19.0 Å². The number of anilines is 1. The molecular weight excluding hydrogens is 252 g/mol. The van der Waals surface area contributed by atoms with Crippen molar-refractivity contribution in [3.8, 4) is 0 Å². The fourth-order valence-electron chi connectivity index (χ4n) is 2.84. The van der Waals surface area contributed by atoms with Gasteiger partial charge in [0.25, 0.3) is 0 Å². The van der Waals surface area contributed by atoms with E-state index < -0.39 is 10.0 Å². The molecule has 2 aliphatic heterocycles. The van der Waals surface area contributed by atoms with Crippen molar-refractivity contribution in [2.45, 2.75) is 0 Å². The lowest BCUT2D eigenvalue weighted by Gasteiger charge is -2.19. The van der Waals surface area contributed by atoms with Crippen LogP contribution in [0.25, 0.3) is 0 Å². The number of rotatable bonds is 2. The molecule has 0 N–H and O–H groups in total. The first kappa shape index (κ1) is 11.9. The normalized spacial score (nSPS) is 28.6. The van der Waals surface area contributed by atoms with E-state index >= 15 is 0 Å². The molecular formula is C11H16N4O2S. The Hall–Kier alpha value is -1.21. The summed E-state index contributed by atoms with van der Waals surface area (Å²) in [6, 6.07) is 1.80. The molecule has 2 fully saturated rings. The van der Waals surface area contributed by atoms with Gasteiger partial charge in [-0.2, -0.15) is 0 Å². The van der Waals surface area contributed by atoms with E-state index in [2.05, 4.69) is 14.9 Å². The van der Waals surface area contributed by atoms with Crippen LogP contribution in [0, 0.1) is 11.8 Å². The highest BCUT2D eigenvalue weighted by molar-refractivity contribution is 7.88. The third-order valence-corrected chi connectivity index (χ3v) is 4.99. The molecule has 2 atom stereocenters. The molecule has 1 aromatic rings. The van der Waals surface area contributed by atoms with Gasteiger partial charge in [0.15, 0.2) is 0 Å². The van der Waals surface area contributed by atoms with Gasteiger partial charge in [-0.05, 0) is 17.9 Å². The molecule has 98 valence electrons. The lowest BCUT2D eigenvalue weighted by molar-refractivity contribution is 0.457. The Bertz CT molecular complexity index is 519. The summed E-state index contributed by atoms with van der Waals surface area (Å²) in [6.07, 6.45) is 4.75. The molecule has 0 unspecified atom stereocenters. The van der Waals surface area contributed by atoms with Crippen molar-refractivity contribution in [2.24, 2.45) is 11.8 Å². The standard InChI is InChI=1S/C11H16N4O2S/c1-18(16,17)15-7-9-5-14(6-10(9)8-15)11-12-3-2-4-13-11/h2-4,9-10H,5-8H2,1H3/t9-,10-/m0/s1. The Morgan fingerprint density at radius 1 is 1.11 bits per heavy atom. The Morgan fingerprint density at radius 3 is 2.17 bits per heavy atom.